The summed E-state index contributed by atoms with van der Waals surface area (Å²) >= 11 is 0. The molecule has 7 nitrogen and oxygen atoms in total. The van der Waals surface area contributed by atoms with Crippen molar-refractivity contribution in [1.82, 2.24) is 15.1 Å². The van der Waals surface area contributed by atoms with Gasteiger partial charge in [0, 0.05) is 19.5 Å². The predicted octanol–water partition coefficient (Wildman–Crippen LogP) is 2.44. The van der Waals surface area contributed by atoms with E-state index >= 15 is 0 Å². The fourth-order valence-electron chi connectivity index (χ4n) is 3.33. The van der Waals surface area contributed by atoms with E-state index in [1.165, 1.54) is 0 Å². The molecule has 0 aliphatic carbocycles. The Morgan fingerprint density at radius 3 is 2.65 bits per heavy atom. The Bertz CT molecular complexity index is 866. The Morgan fingerprint density at radius 2 is 2.12 bits per heavy atom. The average Bonchev–Trinajstić information content (AvgIpc) is 2.81. The van der Waals surface area contributed by atoms with Gasteiger partial charge in [-0.3, -0.25) is 9.48 Å². The van der Waals surface area contributed by atoms with Gasteiger partial charge in [-0.25, -0.2) is 4.79 Å². The molecule has 1 fully saturated rings. The lowest BCUT2D eigenvalue weighted by Gasteiger charge is -2.22. The topological polar surface area (TPSA) is 89.2 Å². The van der Waals surface area contributed by atoms with Gasteiger partial charge in [0.05, 0.1) is 17.1 Å². The van der Waals surface area contributed by atoms with E-state index in [9.17, 15) is 9.59 Å². The van der Waals surface area contributed by atoms with Crippen molar-refractivity contribution in [3.05, 3.63) is 44.8 Å². The Kier molecular flexibility index (Phi) is 6.26. The van der Waals surface area contributed by atoms with Crippen LogP contribution in [0.3, 0.4) is 0 Å². The van der Waals surface area contributed by atoms with Crippen LogP contribution >= 0.6 is 12.4 Å². The van der Waals surface area contributed by atoms with Gasteiger partial charge in [-0.05, 0) is 51.8 Å². The van der Waals surface area contributed by atoms with E-state index in [-0.39, 0.29) is 23.9 Å². The molecule has 1 atom stereocenters. The first-order valence-electron chi connectivity index (χ1n) is 8.55. The van der Waals surface area contributed by atoms with Gasteiger partial charge in [-0.15, -0.1) is 12.4 Å². The minimum atomic E-state index is -0.586. The number of piperidine rings is 1. The van der Waals surface area contributed by atoms with Gasteiger partial charge in [-0.2, -0.15) is 5.10 Å². The lowest BCUT2D eigenvalue weighted by molar-refractivity contribution is 0.102. The lowest BCUT2D eigenvalue weighted by Crippen LogP contribution is -2.30. The van der Waals surface area contributed by atoms with Crippen LogP contribution < -0.4 is 16.3 Å². The number of amides is 1. The first-order valence-corrected chi connectivity index (χ1v) is 8.55. The monoisotopic (exact) mass is 380 g/mol. The summed E-state index contributed by atoms with van der Waals surface area (Å²) in [5.41, 5.74) is 2.27. The molecule has 26 heavy (non-hydrogen) atoms. The van der Waals surface area contributed by atoms with Gasteiger partial charge in [0.15, 0.2) is 0 Å². The molecule has 0 spiro atoms. The van der Waals surface area contributed by atoms with Crippen LogP contribution in [0, 0.1) is 20.8 Å². The van der Waals surface area contributed by atoms with Crippen molar-refractivity contribution in [2.75, 3.05) is 18.4 Å². The number of aromatic nitrogens is 2. The number of nitrogens with one attached hydrogen (secondary N) is 2. The van der Waals surface area contributed by atoms with Crippen molar-refractivity contribution in [2.45, 2.75) is 39.5 Å². The summed E-state index contributed by atoms with van der Waals surface area (Å²) < 4.78 is 7.17. The van der Waals surface area contributed by atoms with Crippen LogP contribution in [-0.2, 0) is 7.05 Å². The van der Waals surface area contributed by atoms with Crippen molar-refractivity contribution < 1.29 is 9.21 Å². The second kappa shape index (κ2) is 8.05. The molecule has 0 radical (unpaired) electrons. The molecule has 1 unspecified atom stereocenters. The molecular weight excluding hydrogens is 356 g/mol. The summed E-state index contributed by atoms with van der Waals surface area (Å²) in [6, 6.07) is 1.82. The summed E-state index contributed by atoms with van der Waals surface area (Å²) in [6.45, 7) is 7.24. The highest BCUT2D eigenvalue weighted by Crippen LogP contribution is 2.24. The van der Waals surface area contributed by atoms with Crippen LogP contribution in [-0.4, -0.2) is 28.8 Å². The van der Waals surface area contributed by atoms with E-state index in [1.54, 1.807) is 11.6 Å². The number of hydrogen-bond donors (Lipinski definition) is 2. The second-order valence-corrected chi connectivity index (χ2v) is 6.66. The van der Waals surface area contributed by atoms with Crippen molar-refractivity contribution in [3.8, 4) is 0 Å². The number of carbonyl (C=O) groups excluding carboxylic acids is 1. The van der Waals surface area contributed by atoms with E-state index in [0.29, 0.717) is 22.7 Å². The molecule has 2 aromatic heterocycles. The van der Waals surface area contributed by atoms with E-state index in [1.807, 2.05) is 27.0 Å². The van der Waals surface area contributed by atoms with Crippen LogP contribution in [0.5, 0.6) is 0 Å². The zero-order valence-electron chi connectivity index (χ0n) is 15.5. The minimum Gasteiger partial charge on any atom is -0.427 e. The highest BCUT2D eigenvalue weighted by Gasteiger charge is 2.23. The molecule has 2 N–H and O–H groups in total. The Labute approximate surface area is 158 Å². The van der Waals surface area contributed by atoms with Crippen molar-refractivity contribution in [2.24, 2.45) is 7.05 Å². The maximum Gasteiger partial charge on any atom is 0.349 e. The Morgan fingerprint density at radius 1 is 1.38 bits per heavy atom. The van der Waals surface area contributed by atoms with E-state index < -0.39 is 11.5 Å². The van der Waals surface area contributed by atoms with Crippen LogP contribution in [0.1, 0.15) is 51.8 Å². The lowest BCUT2D eigenvalue weighted by atomic mass is 9.95. The smallest absolute Gasteiger partial charge is 0.349 e. The van der Waals surface area contributed by atoms with Crippen LogP contribution in [0.2, 0.25) is 0 Å². The number of rotatable bonds is 3. The molecule has 1 amide bonds. The zero-order valence-corrected chi connectivity index (χ0v) is 16.3. The zero-order chi connectivity index (χ0) is 18.1. The third kappa shape index (κ3) is 3.83. The van der Waals surface area contributed by atoms with Crippen molar-refractivity contribution in [1.29, 1.82) is 0 Å². The van der Waals surface area contributed by atoms with E-state index in [4.69, 9.17) is 4.42 Å². The highest BCUT2D eigenvalue weighted by molar-refractivity contribution is 6.05. The summed E-state index contributed by atoms with van der Waals surface area (Å²) in [4.78, 5) is 25.1. The average molecular weight is 381 g/mol. The summed E-state index contributed by atoms with van der Waals surface area (Å²) in [5, 5.41) is 10.4. The molecule has 0 bridgehead atoms. The van der Waals surface area contributed by atoms with Gasteiger partial charge in [0.1, 0.15) is 11.3 Å². The highest BCUT2D eigenvalue weighted by atomic mass is 35.5. The molecule has 2 aromatic rings. The second-order valence-electron chi connectivity index (χ2n) is 6.66. The SMILES string of the molecule is Cc1cc(C2CCCNC2)oc(=O)c1C(=O)Nc1c(C)nn(C)c1C.Cl. The number of carbonyl (C=O) groups is 1. The quantitative estimate of drug-likeness (QED) is 0.853. The molecule has 142 valence electrons. The molecular formula is C18H25ClN4O3. The molecule has 1 saturated heterocycles. The molecule has 1 aliphatic rings. The first-order chi connectivity index (χ1) is 11.9. The van der Waals surface area contributed by atoms with Gasteiger partial charge >= 0.3 is 5.63 Å². The van der Waals surface area contributed by atoms with Gasteiger partial charge < -0.3 is 15.1 Å². The normalized spacial score (nSPS) is 16.8. The molecule has 1 aliphatic heterocycles. The maximum atomic E-state index is 12.6. The number of hydrogen-bond acceptors (Lipinski definition) is 5. The van der Waals surface area contributed by atoms with Crippen molar-refractivity contribution >= 4 is 24.0 Å². The third-order valence-corrected chi connectivity index (χ3v) is 4.84. The maximum absolute atomic E-state index is 12.6. The number of nitrogens with zero attached hydrogens (tertiary/aromatic N) is 2. The Balaban J connectivity index is 0.00000243. The minimum absolute atomic E-state index is 0. The summed E-state index contributed by atoms with van der Waals surface area (Å²) in [7, 11) is 1.81. The fraction of sp³-hybridized carbons (Fsp3) is 0.500. The predicted molar refractivity (Wildman–Crippen MR) is 102 cm³/mol. The van der Waals surface area contributed by atoms with E-state index in [0.717, 1.165) is 31.6 Å². The van der Waals surface area contributed by atoms with Crippen molar-refractivity contribution in [3.63, 3.8) is 0 Å². The van der Waals surface area contributed by atoms with Gasteiger partial charge in [0.25, 0.3) is 5.91 Å². The largest absolute Gasteiger partial charge is 0.427 e. The fourth-order valence-corrected chi connectivity index (χ4v) is 3.33. The molecule has 0 saturated carbocycles. The standard InChI is InChI=1S/C18H24N4O3.ClH/c1-10-8-14(13-6-5-7-19-9-13)25-18(24)15(10)17(23)20-16-11(2)21-22(4)12(16)3;/h8,13,19H,5-7,9H2,1-4H3,(H,20,23);1H. The molecule has 3 heterocycles. The molecule has 3 rings (SSSR count). The summed E-state index contributed by atoms with van der Waals surface area (Å²) in [5.74, 6) is 0.374. The van der Waals surface area contributed by atoms with Crippen LogP contribution in [0.15, 0.2) is 15.3 Å². The number of anilines is 1. The number of aryl methyl sites for hydroxylation is 3. The molecule has 8 heteroatoms. The van der Waals surface area contributed by atoms with Crippen LogP contribution in [0.25, 0.3) is 0 Å². The van der Waals surface area contributed by atoms with Crippen LogP contribution in [0.4, 0.5) is 5.69 Å². The Hall–Kier alpha value is -2.12. The summed E-state index contributed by atoms with van der Waals surface area (Å²) in [6.07, 6.45) is 2.03. The van der Waals surface area contributed by atoms with Gasteiger partial charge in [0.2, 0.25) is 0 Å². The van der Waals surface area contributed by atoms with E-state index in [2.05, 4.69) is 15.7 Å². The van der Waals surface area contributed by atoms with Gasteiger partial charge in [-0.1, -0.05) is 0 Å². The molecule has 0 aromatic carbocycles. The number of halogens is 1. The third-order valence-electron chi connectivity index (χ3n) is 4.84. The first kappa shape index (κ1) is 20.2.